The van der Waals surface area contributed by atoms with E-state index in [-0.39, 0.29) is 18.5 Å². The molecule has 0 saturated carbocycles. The third-order valence-electron chi connectivity index (χ3n) is 4.85. The van der Waals surface area contributed by atoms with Crippen molar-refractivity contribution in [1.29, 1.82) is 0 Å². The highest BCUT2D eigenvalue weighted by Crippen LogP contribution is 2.24. The van der Waals surface area contributed by atoms with Gasteiger partial charge in [0.25, 0.3) is 0 Å². The first-order valence-corrected chi connectivity index (χ1v) is 9.78. The molecule has 0 bridgehead atoms. The molecule has 1 heterocycles. The number of ether oxygens (including phenoxy) is 2. The molecule has 2 aromatic rings. The second-order valence-electron chi connectivity index (χ2n) is 6.83. The molecule has 6 heteroatoms. The molecule has 27 heavy (non-hydrogen) atoms. The Hall–Kier alpha value is -1.11. The summed E-state index contributed by atoms with van der Waals surface area (Å²) in [6.07, 6.45) is -0.484. The van der Waals surface area contributed by atoms with Crippen molar-refractivity contribution in [2.45, 2.75) is 26.1 Å². The van der Waals surface area contributed by atoms with Crippen LogP contribution in [-0.2, 0) is 4.74 Å². The number of β-amino-alcohol motifs (C(OH)–C–C–N with tert-alkyl or cyclic N) is 1. The predicted molar refractivity (Wildman–Crippen MR) is 114 cm³/mol. The summed E-state index contributed by atoms with van der Waals surface area (Å²) in [6, 6.07) is 14.2. The van der Waals surface area contributed by atoms with Crippen LogP contribution in [0.15, 0.2) is 46.9 Å². The van der Waals surface area contributed by atoms with Gasteiger partial charge in [-0.05, 0) is 48.7 Å². The Morgan fingerprint density at radius 2 is 1.96 bits per heavy atom. The van der Waals surface area contributed by atoms with Crippen molar-refractivity contribution in [2.24, 2.45) is 0 Å². The number of aryl methyl sites for hydroxylation is 1. The van der Waals surface area contributed by atoms with Crippen LogP contribution in [0.3, 0.4) is 0 Å². The number of aliphatic hydroxyl groups is 1. The van der Waals surface area contributed by atoms with Crippen LogP contribution in [0.4, 0.5) is 0 Å². The van der Waals surface area contributed by atoms with Crippen molar-refractivity contribution < 1.29 is 14.6 Å². The number of morpholine rings is 1. The van der Waals surface area contributed by atoms with Gasteiger partial charge < -0.3 is 14.6 Å². The first-order chi connectivity index (χ1) is 12.5. The number of halogens is 2. The molecule has 4 nitrogen and oxygen atoms in total. The summed E-state index contributed by atoms with van der Waals surface area (Å²) in [5.74, 6) is 0.846. The maximum Gasteiger partial charge on any atom is 0.122 e. The smallest absolute Gasteiger partial charge is 0.122 e. The van der Waals surface area contributed by atoms with Gasteiger partial charge in [-0.15, -0.1) is 12.4 Å². The zero-order valence-corrected chi connectivity index (χ0v) is 18.1. The van der Waals surface area contributed by atoms with Crippen LogP contribution in [0.25, 0.3) is 0 Å². The zero-order chi connectivity index (χ0) is 18.5. The third kappa shape index (κ3) is 6.19. The van der Waals surface area contributed by atoms with Crippen LogP contribution in [0.2, 0.25) is 0 Å². The van der Waals surface area contributed by atoms with E-state index >= 15 is 0 Å². The van der Waals surface area contributed by atoms with Crippen LogP contribution in [0.1, 0.15) is 22.8 Å². The standard InChI is InChI=1S/C21H26BrNO3.ClH/c1-15-4-3-5-20(16(15)2)26-14-19(24)12-23-10-11-25-21(13-23)17-6-8-18(22)9-7-17;/h3-9,19,21,24H,10-14H2,1-2H3;1H. The number of rotatable bonds is 6. The minimum Gasteiger partial charge on any atom is -0.491 e. The van der Waals surface area contributed by atoms with Gasteiger partial charge in [-0.3, -0.25) is 4.90 Å². The predicted octanol–water partition coefficient (Wildman–Crippen LogP) is 4.30. The molecule has 0 aliphatic carbocycles. The van der Waals surface area contributed by atoms with Gasteiger partial charge in [0, 0.05) is 24.1 Å². The van der Waals surface area contributed by atoms with Gasteiger partial charge in [-0.1, -0.05) is 40.2 Å². The largest absolute Gasteiger partial charge is 0.491 e. The van der Waals surface area contributed by atoms with Crippen molar-refractivity contribution in [3.63, 3.8) is 0 Å². The Balaban J connectivity index is 0.00000261. The van der Waals surface area contributed by atoms with Gasteiger partial charge in [0.15, 0.2) is 0 Å². The second-order valence-corrected chi connectivity index (χ2v) is 7.75. The van der Waals surface area contributed by atoms with Crippen LogP contribution in [0.5, 0.6) is 5.75 Å². The lowest BCUT2D eigenvalue weighted by atomic mass is 10.1. The molecule has 1 saturated heterocycles. The fourth-order valence-corrected chi connectivity index (χ4v) is 3.43. The van der Waals surface area contributed by atoms with Gasteiger partial charge in [0.1, 0.15) is 18.5 Å². The average molecular weight is 457 g/mol. The molecular weight excluding hydrogens is 430 g/mol. The molecule has 1 aliphatic rings. The monoisotopic (exact) mass is 455 g/mol. The molecular formula is C21H27BrClNO3. The maximum atomic E-state index is 10.4. The van der Waals surface area contributed by atoms with E-state index in [1.807, 2.05) is 31.2 Å². The fraction of sp³-hybridized carbons (Fsp3) is 0.429. The van der Waals surface area contributed by atoms with Gasteiger partial charge in [-0.2, -0.15) is 0 Å². The van der Waals surface area contributed by atoms with Crippen LogP contribution >= 0.6 is 28.3 Å². The van der Waals surface area contributed by atoms with E-state index in [0.717, 1.165) is 28.9 Å². The van der Waals surface area contributed by atoms with E-state index in [4.69, 9.17) is 9.47 Å². The topological polar surface area (TPSA) is 41.9 Å². The molecule has 0 radical (unpaired) electrons. The lowest BCUT2D eigenvalue weighted by Gasteiger charge is -2.34. The number of hydrogen-bond donors (Lipinski definition) is 1. The highest BCUT2D eigenvalue weighted by Gasteiger charge is 2.23. The first-order valence-electron chi connectivity index (χ1n) is 8.99. The summed E-state index contributed by atoms with van der Waals surface area (Å²) in [6.45, 7) is 7.27. The quantitative estimate of drug-likeness (QED) is 0.704. The van der Waals surface area contributed by atoms with Crippen molar-refractivity contribution in [3.05, 3.63) is 63.6 Å². The number of nitrogens with zero attached hydrogens (tertiary/aromatic N) is 1. The Morgan fingerprint density at radius 3 is 2.70 bits per heavy atom. The molecule has 3 rings (SSSR count). The molecule has 148 valence electrons. The van der Waals surface area contributed by atoms with E-state index in [2.05, 4.69) is 46.0 Å². The second kappa shape index (κ2) is 10.4. The number of benzene rings is 2. The van der Waals surface area contributed by atoms with Gasteiger partial charge >= 0.3 is 0 Å². The molecule has 1 N–H and O–H groups in total. The zero-order valence-electron chi connectivity index (χ0n) is 15.7. The van der Waals surface area contributed by atoms with Gasteiger partial charge in [0.2, 0.25) is 0 Å². The van der Waals surface area contributed by atoms with E-state index in [1.54, 1.807) is 0 Å². The normalized spacial score (nSPS) is 18.6. The summed E-state index contributed by atoms with van der Waals surface area (Å²) in [5.41, 5.74) is 3.49. The highest BCUT2D eigenvalue weighted by molar-refractivity contribution is 9.10. The Bertz CT molecular complexity index is 726. The minimum absolute atomic E-state index is 0. The molecule has 2 aromatic carbocycles. The van der Waals surface area contributed by atoms with Crippen LogP contribution in [-0.4, -0.2) is 49.0 Å². The van der Waals surface area contributed by atoms with Gasteiger partial charge in [0.05, 0.1) is 12.7 Å². The lowest BCUT2D eigenvalue weighted by Crippen LogP contribution is -2.43. The minimum atomic E-state index is -0.529. The summed E-state index contributed by atoms with van der Waals surface area (Å²) >= 11 is 3.46. The summed E-state index contributed by atoms with van der Waals surface area (Å²) in [4.78, 5) is 2.24. The van der Waals surface area contributed by atoms with E-state index in [0.29, 0.717) is 19.8 Å². The summed E-state index contributed by atoms with van der Waals surface area (Å²) in [7, 11) is 0. The molecule has 2 atom stereocenters. The average Bonchev–Trinajstić information content (AvgIpc) is 2.64. The van der Waals surface area contributed by atoms with E-state index < -0.39 is 6.10 Å². The summed E-state index contributed by atoms with van der Waals surface area (Å²) < 4.78 is 12.8. The fourth-order valence-electron chi connectivity index (χ4n) is 3.16. The van der Waals surface area contributed by atoms with E-state index in [1.165, 1.54) is 11.1 Å². The molecule has 0 aromatic heterocycles. The third-order valence-corrected chi connectivity index (χ3v) is 5.38. The van der Waals surface area contributed by atoms with Gasteiger partial charge in [-0.25, -0.2) is 0 Å². The highest BCUT2D eigenvalue weighted by atomic mass is 79.9. The SMILES string of the molecule is Cc1cccc(OCC(O)CN2CCOC(c3ccc(Br)cc3)C2)c1C.Cl. The van der Waals surface area contributed by atoms with E-state index in [9.17, 15) is 5.11 Å². The number of aliphatic hydroxyl groups excluding tert-OH is 1. The van der Waals surface area contributed by atoms with Crippen LogP contribution in [0, 0.1) is 13.8 Å². The van der Waals surface area contributed by atoms with Crippen molar-refractivity contribution in [3.8, 4) is 5.75 Å². The maximum absolute atomic E-state index is 10.4. The molecule has 0 spiro atoms. The van der Waals surface area contributed by atoms with Crippen molar-refractivity contribution in [1.82, 2.24) is 4.90 Å². The summed E-state index contributed by atoms with van der Waals surface area (Å²) in [5, 5.41) is 10.4. The first kappa shape index (κ1) is 22.2. The Labute approximate surface area is 176 Å². The molecule has 1 fully saturated rings. The Kier molecular flexibility index (Phi) is 8.58. The van der Waals surface area contributed by atoms with Crippen molar-refractivity contribution >= 4 is 28.3 Å². The molecule has 0 amide bonds. The van der Waals surface area contributed by atoms with Crippen LogP contribution < -0.4 is 4.74 Å². The molecule has 1 aliphatic heterocycles. The van der Waals surface area contributed by atoms with Crippen molar-refractivity contribution in [2.75, 3.05) is 32.8 Å². The Morgan fingerprint density at radius 1 is 1.22 bits per heavy atom. The number of hydrogen-bond acceptors (Lipinski definition) is 4. The molecule has 2 unspecified atom stereocenters. The lowest BCUT2D eigenvalue weighted by molar-refractivity contribution is -0.0459.